The summed E-state index contributed by atoms with van der Waals surface area (Å²) >= 11 is 5.65. The monoisotopic (exact) mass is 762 g/mol. The van der Waals surface area contributed by atoms with Gasteiger partial charge in [0.25, 0.3) is 5.56 Å². The van der Waals surface area contributed by atoms with Gasteiger partial charge in [-0.1, -0.05) is 13.8 Å². The van der Waals surface area contributed by atoms with Crippen LogP contribution in [0.5, 0.6) is 0 Å². The number of H-pyrrole nitrogens is 1. The van der Waals surface area contributed by atoms with Crippen LogP contribution in [0.25, 0.3) is 11.2 Å². The zero-order valence-electron chi connectivity index (χ0n) is 26.7. The van der Waals surface area contributed by atoms with Crippen molar-refractivity contribution >= 4 is 49.7 Å². The van der Waals surface area contributed by atoms with Crippen LogP contribution in [0.4, 0.5) is 20.5 Å². The minimum atomic E-state index is -4.04. The third kappa shape index (κ3) is 9.01. The number of ether oxygens (including phenoxy) is 1. The maximum Gasteiger partial charge on any atom is 0.695 e. The smallest absolute Gasteiger partial charge is 0.394 e. The molecule has 1 saturated heterocycles. The number of aromatic nitrogens is 6. The third-order valence-corrected chi connectivity index (χ3v) is 10.6. The number of aliphatic hydroxyl groups is 1. The summed E-state index contributed by atoms with van der Waals surface area (Å²) in [5, 5.41) is 25.0. The van der Waals surface area contributed by atoms with Crippen molar-refractivity contribution in [1.82, 2.24) is 29.5 Å². The average Bonchev–Trinajstić information content (AvgIpc) is 3.73. The van der Waals surface area contributed by atoms with Crippen molar-refractivity contribution < 1.29 is 46.2 Å². The number of nitrogens with zero attached hydrogens (tertiary/aromatic N) is 6. The van der Waals surface area contributed by atoms with E-state index in [0.29, 0.717) is 12.4 Å². The SMILES string of the molecule is CC(C)CNc1nc2c(ncn2[C@@H]2O[C@H](CO)[C@@H](F)[C@H]2O[P@@](=S)(OCCC#N)OC[C@H]2C[C@@H](Nc3ccncn3)[C@H](F)[C@@H]2O[P+](=O)O)c(=O)[nH]1. The van der Waals surface area contributed by atoms with Crippen LogP contribution in [0.1, 0.15) is 32.9 Å². The van der Waals surface area contributed by atoms with Crippen LogP contribution in [0, 0.1) is 23.2 Å². The highest BCUT2D eigenvalue weighted by molar-refractivity contribution is 8.07. The number of aliphatic hydroxyl groups excluding tert-OH is 1. The molecule has 272 valence electrons. The maximum atomic E-state index is 16.0. The lowest BCUT2D eigenvalue weighted by atomic mass is 10.1. The Bertz CT molecular complexity index is 1770. The molecule has 10 atom stereocenters. The standard InChI is InChI=1S/C27H35F2N9O9P2S/c1-14(2)9-32-27-36-24-21(25(40)37-27)34-13-38(24)26-23(20(29)17(10-39)45-26)47-49(50,43-7-3-5-30)44-11-15-8-16(19(28)22(15)46-48(41)42)35-18-4-6-31-12-33-18/h4,6,12-17,19-20,22-23,26,39H,3,7-11H2,1-2H3,(H3-,31,32,33,35,36,37,40,41,42)/p+1/t15-,16-,17-,19+,20-,22-,23-,26-,49-/m1/s1. The van der Waals surface area contributed by atoms with Crippen molar-refractivity contribution in [2.75, 3.05) is 37.0 Å². The van der Waals surface area contributed by atoms with Crippen molar-refractivity contribution in [2.45, 2.75) is 69.6 Å². The Balaban J connectivity index is 1.41. The minimum Gasteiger partial charge on any atom is -0.394 e. The first kappa shape index (κ1) is 38.1. The van der Waals surface area contributed by atoms with Crippen LogP contribution < -0.4 is 16.2 Å². The van der Waals surface area contributed by atoms with Gasteiger partial charge in [0.05, 0.1) is 44.7 Å². The summed E-state index contributed by atoms with van der Waals surface area (Å²) in [5.41, 5.74) is -0.633. The van der Waals surface area contributed by atoms with Crippen LogP contribution >= 0.6 is 15.0 Å². The molecule has 3 aromatic rings. The Morgan fingerprint density at radius 2 is 2.10 bits per heavy atom. The number of hydrogen-bond donors (Lipinski definition) is 5. The van der Waals surface area contributed by atoms with Crippen molar-refractivity contribution in [3.8, 4) is 6.07 Å². The Morgan fingerprint density at radius 1 is 1.30 bits per heavy atom. The van der Waals surface area contributed by atoms with Crippen LogP contribution in [-0.2, 0) is 39.2 Å². The van der Waals surface area contributed by atoms with Crippen molar-refractivity contribution in [3.05, 3.63) is 35.3 Å². The number of halogens is 2. The van der Waals surface area contributed by atoms with E-state index in [2.05, 4.69) is 35.6 Å². The number of nitrogens with one attached hydrogen (secondary N) is 3. The second kappa shape index (κ2) is 16.9. The summed E-state index contributed by atoms with van der Waals surface area (Å²) in [7, 11) is -3.22. The molecule has 4 heterocycles. The van der Waals surface area contributed by atoms with Gasteiger partial charge >= 0.3 is 15.0 Å². The van der Waals surface area contributed by atoms with E-state index in [9.17, 15) is 19.4 Å². The molecule has 50 heavy (non-hydrogen) atoms. The van der Waals surface area contributed by atoms with Crippen LogP contribution in [0.2, 0.25) is 0 Å². The maximum absolute atomic E-state index is 16.0. The molecule has 1 saturated carbocycles. The number of rotatable bonds is 17. The van der Waals surface area contributed by atoms with Gasteiger partial charge in [-0.25, -0.2) is 23.7 Å². The van der Waals surface area contributed by atoms with Crippen LogP contribution in [-0.4, -0.2) is 103 Å². The van der Waals surface area contributed by atoms with Crippen molar-refractivity contribution in [3.63, 3.8) is 0 Å². The minimum absolute atomic E-state index is 0.0179. The van der Waals surface area contributed by atoms with E-state index in [-0.39, 0.29) is 42.5 Å². The Kier molecular flexibility index (Phi) is 12.9. The van der Waals surface area contributed by atoms with Gasteiger partial charge < -0.3 is 29.5 Å². The Morgan fingerprint density at radius 3 is 2.78 bits per heavy atom. The molecule has 0 bridgehead atoms. The summed E-state index contributed by atoms with van der Waals surface area (Å²) in [6.45, 7) is -1.09. The van der Waals surface area contributed by atoms with E-state index in [1.165, 1.54) is 29.5 Å². The molecular weight excluding hydrogens is 726 g/mol. The molecular formula is C27H36F2N9O9P2S+. The summed E-state index contributed by atoms with van der Waals surface area (Å²) in [4.78, 5) is 41.3. The zero-order valence-corrected chi connectivity index (χ0v) is 29.3. The predicted octanol–water partition coefficient (Wildman–Crippen LogP) is 2.64. The van der Waals surface area contributed by atoms with Gasteiger partial charge in [-0.15, -0.1) is 9.42 Å². The van der Waals surface area contributed by atoms with E-state index in [4.69, 9.17) is 39.9 Å². The van der Waals surface area contributed by atoms with Crippen LogP contribution in [0.15, 0.2) is 29.7 Å². The van der Waals surface area contributed by atoms with Crippen molar-refractivity contribution in [1.29, 1.82) is 5.26 Å². The zero-order chi connectivity index (χ0) is 36.0. The molecule has 3 aromatic heterocycles. The van der Waals surface area contributed by atoms with E-state index in [0.717, 1.165) is 0 Å². The second-order valence-electron chi connectivity index (χ2n) is 11.9. The number of fused-ring (bicyclic) bond motifs is 1. The molecule has 0 spiro atoms. The van der Waals surface area contributed by atoms with Gasteiger partial charge in [-0.05, 0) is 30.2 Å². The van der Waals surface area contributed by atoms with Gasteiger partial charge in [0.2, 0.25) is 5.95 Å². The quantitative estimate of drug-likeness (QED) is 0.0981. The highest BCUT2D eigenvalue weighted by Gasteiger charge is 2.52. The molecule has 5 rings (SSSR count). The lowest BCUT2D eigenvalue weighted by Gasteiger charge is -2.29. The molecule has 0 amide bonds. The Labute approximate surface area is 290 Å². The van der Waals surface area contributed by atoms with Gasteiger partial charge in [-0.3, -0.25) is 18.9 Å². The number of hydrogen-bond acceptors (Lipinski definition) is 16. The van der Waals surface area contributed by atoms with E-state index in [1.807, 2.05) is 19.9 Å². The first-order chi connectivity index (χ1) is 23.9. The van der Waals surface area contributed by atoms with Gasteiger partial charge in [0.1, 0.15) is 24.4 Å². The molecule has 1 aliphatic heterocycles. The average molecular weight is 763 g/mol. The topological polar surface area (TPSA) is 241 Å². The molecule has 1 aliphatic carbocycles. The lowest BCUT2D eigenvalue weighted by Crippen LogP contribution is -2.33. The fourth-order valence-electron chi connectivity index (χ4n) is 5.51. The van der Waals surface area contributed by atoms with Crippen LogP contribution in [0.3, 0.4) is 0 Å². The fourth-order valence-corrected chi connectivity index (χ4v) is 8.11. The number of nitriles is 1. The van der Waals surface area contributed by atoms with E-state index >= 15 is 8.78 Å². The largest absolute Gasteiger partial charge is 0.695 e. The number of alkyl halides is 2. The summed E-state index contributed by atoms with van der Waals surface area (Å²) < 4.78 is 73.0. The van der Waals surface area contributed by atoms with E-state index in [1.54, 1.807) is 0 Å². The first-order valence-electron chi connectivity index (χ1n) is 15.5. The summed E-state index contributed by atoms with van der Waals surface area (Å²) in [6, 6.07) is 2.49. The number of aromatic amines is 1. The molecule has 23 heteroatoms. The molecule has 0 radical (unpaired) electrons. The van der Waals surface area contributed by atoms with Gasteiger partial charge in [0.15, 0.2) is 35.8 Å². The molecule has 2 fully saturated rings. The number of imidazole rings is 1. The molecule has 18 nitrogen and oxygen atoms in total. The third-order valence-electron chi connectivity index (χ3n) is 7.84. The summed E-state index contributed by atoms with van der Waals surface area (Å²) in [5.74, 6) is -0.226. The lowest BCUT2D eigenvalue weighted by molar-refractivity contribution is -0.0490. The molecule has 0 aromatic carbocycles. The molecule has 2 aliphatic rings. The highest BCUT2D eigenvalue weighted by atomic mass is 32.5. The van der Waals surface area contributed by atoms with E-state index < -0.39 is 82.6 Å². The van der Waals surface area contributed by atoms with Gasteiger partial charge in [0, 0.05) is 23.2 Å². The Hall–Kier alpha value is -3.15. The second-order valence-corrected chi connectivity index (χ2v) is 15.5. The molecule has 5 N–H and O–H groups in total. The van der Waals surface area contributed by atoms with Gasteiger partial charge in [-0.2, -0.15) is 10.2 Å². The first-order valence-corrected chi connectivity index (χ1v) is 19.2. The van der Waals surface area contributed by atoms with Crippen molar-refractivity contribution in [2.24, 2.45) is 11.8 Å². The fraction of sp³-hybridized carbons (Fsp3) is 0.630. The molecule has 1 unspecified atom stereocenters. The normalized spacial score (nSPS) is 28.1. The predicted molar refractivity (Wildman–Crippen MR) is 176 cm³/mol. The number of anilines is 2. The highest BCUT2D eigenvalue weighted by Crippen LogP contribution is 2.55. The summed E-state index contributed by atoms with van der Waals surface area (Å²) in [6.07, 6.45) is -5.84.